The molecule has 3 N–H and O–H groups in total. The quantitative estimate of drug-likeness (QED) is 0.769. The van der Waals surface area contributed by atoms with E-state index in [4.69, 9.17) is 10.8 Å². The first-order valence-electron chi connectivity index (χ1n) is 5.50. The fourth-order valence-corrected chi connectivity index (χ4v) is 2.60. The van der Waals surface area contributed by atoms with Gasteiger partial charge in [0, 0.05) is 16.7 Å². The van der Waals surface area contributed by atoms with Crippen molar-refractivity contribution in [3.63, 3.8) is 0 Å². The Balaban J connectivity index is 2.18. The Kier molecular flexibility index (Phi) is 3.58. The highest BCUT2D eigenvalue weighted by molar-refractivity contribution is 14.1. The molecule has 6 heteroatoms. The lowest BCUT2D eigenvalue weighted by molar-refractivity contribution is -0.142. The highest BCUT2D eigenvalue weighted by Crippen LogP contribution is 2.22. The Bertz CT molecular complexity index is 506. The van der Waals surface area contributed by atoms with Crippen LogP contribution in [-0.4, -0.2) is 40.5 Å². The van der Waals surface area contributed by atoms with Crippen molar-refractivity contribution in [2.75, 3.05) is 13.1 Å². The van der Waals surface area contributed by atoms with Crippen molar-refractivity contribution < 1.29 is 14.7 Å². The molecule has 2 rings (SSSR count). The molecule has 1 aliphatic heterocycles. The number of rotatable bonds is 2. The molecule has 96 valence electrons. The zero-order valence-corrected chi connectivity index (χ0v) is 11.8. The van der Waals surface area contributed by atoms with Gasteiger partial charge in [-0.1, -0.05) is 12.1 Å². The predicted molar refractivity (Wildman–Crippen MR) is 74.2 cm³/mol. The molecule has 0 radical (unpaired) electrons. The van der Waals surface area contributed by atoms with Crippen LogP contribution in [0.15, 0.2) is 24.3 Å². The lowest BCUT2D eigenvalue weighted by Crippen LogP contribution is -2.50. The van der Waals surface area contributed by atoms with E-state index in [2.05, 4.69) is 22.6 Å². The van der Waals surface area contributed by atoms with E-state index in [9.17, 15) is 9.59 Å². The number of carboxylic acids is 1. The molecular formula is C12H13IN2O3. The Labute approximate surface area is 118 Å². The molecule has 0 spiro atoms. The normalized spacial score (nSPS) is 23.1. The molecule has 1 fully saturated rings. The van der Waals surface area contributed by atoms with Crippen molar-refractivity contribution in [2.45, 2.75) is 12.0 Å². The van der Waals surface area contributed by atoms with Gasteiger partial charge in [0.25, 0.3) is 5.91 Å². The highest BCUT2D eigenvalue weighted by atomic mass is 127. The van der Waals surface area contributed by atoms with Crippen molar-refractivity contribution in [2.24, 2.45) is 5.73 Å². The molecule has 1 unspecified atom stereocenters. The first-order chi connectivity index (χ1) is 8.44. The Morgan fingerprint density at radius 3 is 2.61 bits per heavy atom. The smallest absolute Gasteiger partial charge is 0.325 e. The summed E-state index contributed by atoms with van der Waals surface area (Å²) in [4.78, 5) is 24.8. The van der Waals surface area contributed by atoms with Gasteiger partial charge >= 0.3 is 5.97 Å². The maximum absolute atomic E-state index is 12.3. The number of nitrogens with zero attached hydrogens (tertiary/aromatic N) is 1. The van der Waals surface area contributed by atoms with E-state index in [1.165, 1.54) is 4.90 Å². The molecule has 1 aromatic rings. The third-order valence-corrected chi connectivity index (χ3v) is 4.06. The van der Waals surface area contributed by atoms with Crippen LogP contribution < -0.4 is 5.73 Å². The monoisotopic (exact) mass is 360 g/mol. The average molecular weight is 360 g/mol. The minimum Gasteiger partial charge on any atom is -0.480 e. The summed E-state index contributed by atoms with van der Waals surface area (Å²) in [5, 5.41) is 9.03. The Morgan fingerprint density at radius 2 is 2.06 bits per heavy atom. The van der Waals surface area contributed by atoms with Gasteiger partial charge < -0.3 is 15.7 Å². The molecule has 1 amide bonds. The second-order valence-corrected chi connectivity index (χ2v) is 5.58. The number of benzene rings is 1. The Morgan fingerprint density at radius 1 is 1.39 bits per heavy atom. The number of carboxylic acid groups (broad SMARTS) is 1. The van der Waals surface area contributed by atoms with Gasteiger partial charge in [-0.3, -0.25) is 9.59 Å². The summed E-state index contributed by atoms with van der Waals surface area (Å²) >= 11 is 2.09. The zero-order valence-electron chi connectivity index (χ0n) is 9.60. The summed E-state index contributed by atoms with van der Waals surface area (Å²) in [5.74, 6) is -1.21. The minimum absolute atomic E-state index is 0.0616. The molecular weight excluding hydrogens is 347 g/mol. The summed E-state index contributed by atoms with van der Waals surface area (Å²) in [6.07, 6.45) is 0.289. The van der Waals surface area contributed by atoms with Crippen LogP contribution in [0.3, 0.4) is 0 Å². The molecule has 5 nitrogen and oxygen atoms in total. The molecule has 1 atom stereocenters. The number of halogens is 1. The topological polar surface area (TPSA) is 83.6 Å². The van der Waals surface area contributed by atoms with Crippen LogP contribution in [0.1, 0.15) is 16.8 Å². The average Bonchev–Trinajstić information content (AvgIpc) is 2.73. The van der Waals surface area contributed by atoms with E-state index >= 15 is 0 Å². The second kappa shape index (κ2) is 4.85. The summed E-state index contributed by atoms with van der Waals surface area (Å²) < 4.78 is 0.852. The third-order valence-electron chi connectivity index (χ3n) is 3.12. The molecule has 1 saturated heterocycles. The molecule has 0 aromatic heterocycles. The standard InChI is InChI=1S/C12H13IN2O3/c13-9-4-2-1-3-8(9)10(16)15-6-5-12(14,7-15)11(17)18/h1-4H,5-7,14H2,(H,17,18). The van der Waals surface area contributed by atoms with Gasteiger partial charge in [0.05, 0.1) is 5.56 Å². The van der Waals surface area contributed by atoms with E-state index < -0.39 is 11.5 Å². The third kappa shape index (κ3) is 2.35. The fourth-order valence-electron chi connectivity index (χ4n) is 1.99. The first kappa shape index (κ1) is 13.3. The largest absolute Gasteiger partial charge is 0.480 e. The van der Waals surface area contributed by atoms with Gasteiger partial charge in [-0.15, -0.1) is 0 Å². The van der Waals surface area contributed by atoms with Gasteiger partial charge in [0.2, 0.25) is 0 Å². The van der Waals surface area contributed by atoms with Gasteiger partial charge in [0.1, 0.15) is 5.54 Å². The highest BCUT2D eigenvalue weighted by Gasteiger charge is 2.43. The van der Waals surface area contributed by atoms with Gasteiger partial charge in [-0.25, -0.2) is 0 Å². The van der Waals surface area contributed by atoms with Crippen LogP contribution in [0, 0.1) is 3.57 Å². The van der Waals surface area contributed by atoms with Gasteiger partial charge in [-0.05, 0) is 41.1 Å². The maximum atomic E-state index is 12.3. The lowest BCUT2D eigenvalue weighted by Gasteiger charge is -2.20. The number of hydrogen-bond acceptors (Lipinski definition) is 3. The van der Waals surface area contributed by atoms with Crippen LogP contribution in [0.2, 0.25) is 0 Å². The summed E-state index contributed by atoms with van der Waals surface area (Å²) in [5.41, 5.74) is 5.03. The number of likely N-dealkylation sites (tertiary alicyclic amines) is 1. The SMILES string of the molecule is NC1(C(=O)O)CCN(C(=O)c2ccccc2I)C1. The fraction of sp³-hybridized carbons (Fsp3) is 0.333. The van der Waals surface area contributed by atoms with Gasteiger partial charge in [-0.2, -0.15) is 0 Å². The van der Waals surface area contributed by atoms with Crippen molar-refractivity contribution in [1.29, 1.82) is 0 Å². The molecule has 0 aliphatic carbocycles. The minimum atomic E-state index is -1.31. The van der Waals surface area contributed by atoms with E-state index in [0.717, 1.165) is 3.57 Å². The predicted octanol–water partition coefficient (Wildman–Crippen LogP) is 0.919. The molecule has 0 bridgehead atoms. The van der Waals surface area contributed by atoms with Crippen LogP contribution in [0.4, 0.5) is 0 Å². The van der Waals surface area contributed by atoms with E-state index in [1.807, 2.05) is 12.1 Å². The maximum Gasteiger partial charge on any atom is 0.325 e. The summed E-state index contributed by atoms with van der Waals surface area (Å²) in [6.45, 7) is 0.443. The molecule has 1 aromatic carbocycles. The number of hydrogen-bond donors (Lipinski definition) is 2. The Hall–Kier alpha value is -1.15. The van der Waals surface area contributed by atoms with E-state index in [1.54, 1.807) is 12.1 Å². The number of nitrogens with two attached hydrogens (primary N) is 1. The molecule has 0 saturated carbocycles. The van der Waals surface area contributed by atoms with Crippen LogP contribution >= 0.6 is 22.6 Å². The number of aliphatic carboxylic acids is 1. The van der Waals surface area contributed by atoms with Crippen molar-refractivity contribution in [1.82, 2.24) is 4.90 Å². The number of carbonyl (C=O) groups excluding carboxylic acids is 1. The van der Waals surface area contributed by atoms with Crippen molar-refractivity contribution in [3.8, 4) is 0 Å². The number of carbonyl (C=O) groups is 2. The number of amides is 1. The van der Waals surface area contributed by atoms with Crippen LogP contribution in [-0.2, 0) is 4.79 Å². The van der Waals surface area contributed by atoms with E-state index in [-0.39, 0.29) is 18.9 Å². The molecule has 1 heterocycles. The van der Waals surface area contributed by atoms with Gasteiger partial charge in [0.15, 0.2) is 0 Å². The lowest BCUT2D eigenvalue weighted by atomic mass is 10.0. The van der Waals surface area contributed by atoms with Crippen LogP contribution in [0.25, 0.3) is 0 Å². The first-order valence-corrected chi connectivity index (χ1v) is 6.58. The van der Waals surface area contributed by atoms with Crippen molar-refractivity contribution >= 4 is 34.5 Å². The zero-order chi connectivity index (χ0) is 13.3. The van der Waals surface area contributed by atoms with E-state index in [0.29, 0.717) is 12.1 Å². The summed E-state index contributed by atoms with van der Waals surface area (Å²) in [6, 6.07) is 7.23. The van der Waals surface area contributed by atoms with Crippen molar-refractivity contribution in [3.05, 3.63) is 33.4 Å². The van der Waals surface area contributed by atoms with Crippen LogP contribution in [0.5, 0.6) is 0 Å². The second-order valence-electron chi connectivity index (χ2n) is 4.42. The summed E-state index contributed by atoms with van der Waals surface area (Å²) in [7, 11) is 0. The molecule has 1 aliphatic rings. The molecule has 18 heavy (non-hydrogen) atoms.